The van der Waals surface area contributed by atoms with Gasteiger partial charge in [0.25, 0.3) is 5.91 Å². The van der Waals surface area contributed by atoms with Crippen molar-refractivity contribution in [1.82, 2.24) is 4.90 Å². The Hall–Kier alpha value is -3.39. The molecular weight excluding hydrogens is 420 g/mol. The quantitative estimate of drug-likeness (QED) is 0.677. The molecule has 8 heteroatoms. The minimum atomic E-state index is -0.288. The van der Waals surface area contributed by atoms with Gasteiger partial charge in [0.1, 0.15) is 0 Å². The average molecular weight is 451 g/mol. The first-order valence-corrected chi connectivity index (χ1v) is 11.3. The third kappa shape index (κ3) is 5.90. The SMILES string of the molecule is CC1CC1C(=O)Nc1cccc(C(=O)N(C)CC(=O)Nc2ccc(N3CCOCC3)cc2)c1. The summed E-state index contributed by atoms with van der Waals surface area (Å²) in [5.74, 6) is -0.117. The van der Waals surface area contributed by atoms with E-state index in [0.717, 1.165) is 25.2 Å². The van der Waals surface area contributed by atoms with Crippen LogP contribution in [-0.4, -0.2) is 62.5 Å². The van der Waals surface area contributed by atoms with E-state index in [-0.39, 0.29) is 30.2 Å². The van der Waals surface area contributed by atoms with Gasteiger partial charge in [-0.2, -0.15) is 0 Å². The van der Waals surface area contributed by atoms with Crippen LogP contribution in [0.2, 0.25) is 0 Å². The summed E-state index contributed by atoms with van der Waals surface area (Å²) >= 11 is 0. The van der Waals surface area contributed by atoms with Gasteiger partial charge in [0.15, 0.2) is 0 Å². The van der Waals surface area contributed by atoms with E-state index in [9.17, 15) is 14.4 Å². The van der Waals surface area contributed by atoms with Crippen molar-refractivity contribution in [2.75, 3.05) is 55.4 Å². The number of likely N-dealkylation sites (N-methyl/N-ethyl adjacent to an activating group) is 1. The number of benzene rings is 2. The molecule has 3 amide bonds. The molecule has 2 aliphatic rings. The number of carbonyl (C=O) groups is 3. The second-order valence-electron chi connectivity index (χ2n) is 8.75. The lowest BCUT2D eigenvalue weighted by molar-refractivity contribution is -0.118. The van der Waals surface area contributed by atoms with Crippen LogP contribution in [0.25, 0.3) is 0 Å². The van der Waals surface area contributed by atoms with E-state index >= 15 is 0 Å². The molecule has 0 bridgehead atoms. The van der Waals surface area contributed by atoms with Crippen molar-refractivity contribution >= 4 is 34.8 Å². The Morgan fingerprint density at radius 2 is 1.73 bits per heavy atom. The molecule has 1 aliphatic heterocycles. The molecule has 174 valence electrons. The second kappa shape index (κ2) is 10.0. The number of nitrogens with one attached hydrogen (secondary N) is 2. The Morgan fingerprint density at radius 3 is 2.39 bits per heavy atom. The highest BCUT2D eigenvalue weighted by atomic mass is 16.5. The molecule has 2 N–H and O–H groups in total. The summed E-state index contributed by atoms with van der Waals surface area (Å²) in [7, 11) is 1.58. The molecule has 8 nitrogen and oxygen atoms in total. The Kier molecular flexibility index (Phi) is 6.93. The first-order valence-electron chi connectivity index (χ1n) is 11.3. The van der Waals surface area contributed by atoms with E-state index in [0.29, 0.717) is 36.1 Å². The van der Waals surface area contributed by atoms with Gasteiger partial charge in [0, 0.05) is 48.7 Å². The molecule has 1 heterocycles. The van der Waals surface area contributed by atoms with Crippen LogP contribution in [0.15, 0.2) is 48.5 Å². The highest BCUT2D eigenvalue weighted by Crippen LogP contribution is 2.38. The van der Waals surface area contributed by atoms with Gasteiger partial charge in [0.05, 0.1) is 19.8 Å². The van der Waals surface area contributed by atoms with E-state index in [1.165, 1.54) is 4.90 Å². The molecule has 0 aromatic heterocycles. The predicted octanol–water partition coefficient (Wildman–Crippen LogP) is 2.83. The zero-order valence-electron chi connectivity index (χ0n) is 19.0. The van der Waals surface area contributed by atoms with E-state index in [2.05, 4.69) is 15.5 Å². The first kappa shape index (κ1) is 22.8. The fourth-order valence-corrected chi connectivity index (χ4v) is 3.94. The van der Waals surface area contributed by atoms with Crippen molar-refractivity contribution in [2.45, 2.75) is 13.3 Å². The summed E-state index contributed by atoms with van der Waals surface area (Å²) < 4.78 is 5.38. The lowest BCUT2D eigenvalue weighted by atomic mass is 10.1. The molecule has 2 atom stereocenters. The molecule has 1 saturated carbocycles. The van der Waals surface area contributed by atoms with Gasteiger partial charge in [0.2, 0.25) is 11.8 Å². The van der Waals surface area contributed by atoms with Crippen molar-refractivity contribution in [3.63, 3.8) is 0 Å². The number of hydrogen-bond donors (Lipinski definition) is 2. The number of carbonyl (C=O) groups excluding carboxylic acids is 3. The topological polar surface area (TPSA) is 91.0 Å². The van der Waals surface area contributed by atoms with Crippen LogP contribution >= 0.6 is 0 Å². The fraction of sp³-hybridized carbons (Fsp3) is 0.400. The maximum atomic E-state index is 12.8. The lowest BCUT2D eigenvalue weighted by Gasteiger charge is -2.28. The van der Waals surface area contributed by atoms with Crippen LogP contribution in [-0.2, 0) is 14.3 Å². The number of ether oxygens (including phenoxy) is 1. The molecule has 0 spiro atoms. The summed E-state index contributed by atoms with van der Waals surface area (Å²) in [5, 5.41) is 5.71. The minimum Gasteiger partial charge on any atom is -0.378 e. The number of morpholine rings is 1. The van der Waals surface area contributed by atoms with Crippen molar-refractivity contribution in [3.8, 4) is 0 Å². The molecule has 1 saturated heterocycles. The summed E-state index contributed by atoms with van der Waals surface area (Å²) in [4.78, 5) is 41.1. The zero-order chi connectivity index (χ0) is 23.4. The Labute approximate surface area is 193 Å². The zero-order valence-corrected chi connectivity index (χ0v) is 19.0. The van der Waals surface area contributed by atoms with Crippen LogP contribution in [0.5, 0.6) is 0 Å². The number of anilines is 3. The smallest absolute Gasteiger partial charge is 0.254 e. The molecule has 2 aromatic carbocycles. The van der Waals surface area contributed by atoms with E-state index in [1.807, 2.05) is 31.2 Å². The third-order valence-corrected chi connectivity index (χ3v) is 6.08. The maximum absolute atomic E-state index is 12.8. The fourth-order valence-electron chi connectivity index (χ4n) is 3.94. The van der Waals surface area contributed by atoms with Crippen molar-refractivity contribution in [3.05, 3.63) is 54.1 Å². The third-order valence-electron chi connectivity index (χ3n) is 6.08. The van der Waals surface area contributed by atoms with Crippen LogP contribution in [0.3, 0.4) is 0 Å². The second-order valence-corrected chi connectivity index (χ2v) is 8.75. The normalized spacial score (nSPS) is 19.5. The summed E-state index contributed by atoms with van der Waals surface area (Å²) in [6.07, 6.45) is 0.901. The molecule has 2 fully saturated rings. The Morgan fingerprint density at radius 1 is 1.03 bits per heavy atom. The Balaban J connectivity index is 1.29. The monoisotopic (exact) mass is 450 g/mol. The highest BCUT2D eigenvalue weighted by molar-refractivity contribution is 6.01. The van der Waals surface area contributed by atoms with Gasteiger partial charge in [-0.25, -0.2) is 0 Å². The van der Waals surface area contributed by atoms with Gasteiger partial charge in [-0.1, -0.05) is 13.0 Å². The van der Waals surface area contributed by atoms with Crippen LogP contribution in [0.4, 0.5) is 17.1 Å². The summed E-state index contributed by atoms with van der Waals surface area (Å²) in [6.45, 7) is 5.09. The van der Waals surface area contributed by atoms with E-state index < -0.39 is 0 Å². The van der Waals surface area contributed by atoms with Crippen molar-refractivity contribution < 1.29 is 19.1 Å². The number of nitrogens with zero attached hydrogens (tertiary/aromatic N) is 2. The molecule has 4 rings (SSSR count). The standard InChI is InChI=1S/C25H30N4O4/c1-17-14-22(17)24(31)27-20-5-3-4-18(15-20)25(32)28(2)16-23(30)26-19-6-8-21(9-7-19)29-10-12-33-13-11-29/h3-9,15,17,22H,10-14,16H2,1-2H3,(H,26,30)(H,27,31). The first-order chi connectivity index (χ1) is 15.9. The minimum absolute atomic E-state index is 0.0144. The average Bonchev–Trinajstić information content (AvgIpc) is 3.56. The maximum Gasteiger partial charge on any atom is 0.254 e. The van der Waals surface area contributed by atoms with Crippen LogP contribution in [0, 0.1) is 11.8 Å². The predicted molar refractivity (Wildman–Crippen MR) is 127 cm³/mol. The van der Waals surface area contributed by atoms with Crippen molar-refractivity contribution in [2.24, 2.45) is 11.8 Å². The number of rotatable bonds is 7. The number of amides is 3. The lowest BCUT2D eigenvalue weighted by Crippen LogP contribution is -2.36. The molecular formula is C25H30N4O4. The van der Waals surface area contributed by atoms with Crippen LogP contribution in [0.1, 0.15) is 23.7 Å². The molecule has 2 aromatic rings. The number of hydrogen-bond acceptors (Lipinski definition) is 5. The van der Waals surface area contributed by atoms with Crippen molar-refractivity contribution in [1.29, 1.82) is 0 Å². The highest BCUT2D eigenvalue weighted by Gasteiger charge is 2.39. The molecule has 2 unspecified atom stereocenters. The van der Waals surface area contributed by atoms with Gasteiger partial charge in [-0.3, -0.25) is 14.4 Å². The largest absolute Gasteiger partial charge is 0.378 e. The van der Waals surface area contributed by atoms with Crippen LogP contribution < -0.4 is 15.5 Å². The van der Waals surface area contributed by atoms with Gasteiger partial charge >= 0.3 is 0 Å². The summed E-state index contributed by atoms with van der Waals surface area (Å²) in [6, 6.07) is 14.5. The van der Waals surface area contributed by atoms with E-state index in [1.54, 1.807) is 31.3 Å². The van der Waals surface area contributed by atoms with Gasteiger partial charge in [-0.15, -0.1) is 0 Å². The van der Waals surface area contributed by atoms with Gasteiger partial charge in [-0.05, 0) is 54.8 Å². The molecule has 1 aliphatic carbocycles. The molecule has 0 radical (unpaired) electrons. The Bertz CT molecular complexity index is 1020. The summed E-state index contributed by atoms with van der Waals surface area (Å²) in [5.41, 5.74) is 2.77. The molecule has 33 heavy (non-hydrogen) atoms. The van der Waals surface area contributed by atoms with E-state index in [4.69, 9.17) is 4.74 Å². The van der Waals surface area contributed by atoms with Gasteiger partial charge < -0.3 is 25.2 Å².